The van der Waals surface area contributed by atoms with Gasteiger partial charge in [-0.25, -0.2) is 0 Å². The Morgan fingerprint density at radius 2 is 1.71 bits per heavy atom. The third-order valence-electron chi connectivity index (χ3n) is 3.53. The number of methoxy groups -OCH3 is 1. The summed E-state index contributed by atoms with van der Waals surface area (Å²) in [6, 6.07) is 11.3. The number of aliphatic carboxylic acids is 1. The second-order valence-electron chi connectivity index (χ2n) is 5.03. The Hall–Kier alpha value is -3.35. The topological polar surface area (TPSA) is 96.0 Å². The first-order valence-corrected chi connectivity index (χ1v) is 7.02. The molecule has 0 spiro atoms. The van der Waals surface area contributed by atoms with Crippen molar-refractivity contribution >= 4 is 17.8 Å². The SMILES string of the molecule is COc1ccccc1Oc1ccc2c(c1)C(=O)N(CC(=O)[O-])C2=O. The minimum atomic E-state index is -1.50. The highest BCUT2D eigenvalue weighted by Gasteiger charge is 2.35. The number of hydrogen-bond acceptors (Lipinski definition) is 6. The predicted octanol–water partition coefficient (Wildman–Crippen LogP) is 0.833. The highest BCUT2D eigenvalue weighted by atomic mass is 16.5. The van der Waals surface area contributed by atoms with E-state index in [9.17, 15) is 19.5 Å². The van der Waals surface area contributed by atoms with Crippen LogP contribution in [0.5, 0.6) is 17.2 Å². The average Bonchev–Trinajstić information content (AvgIpc) is 2.80. The maximum atomic E-state index is 12.2. The molecule has 1 aliphatic rings. The molecule has 0 saturated heterocycles. The minimum Gasteiger partial charge on any atom is -0.548 e. The lowest BCUT2D eigenvalue weighted by atomic mass is 10.1. The van der Waals surface area contributed by atoms with Gasteiger partial charge in [-0.15, -0.1) is 0 Å². The first kappa shape index (κ1) is 15.5. The average molecular weight is 326 g/mol. The van der Waals surface area contributed by atoms with Crippen molar-refractivity contribution in [1.29, 1.82) is 0 Å². The number of amides is 2. The van der Waals surface area contributed by atoms with Crippen LogP contribution in [-0.4, -0.2) is 36.3 Å². The fourth-order valence-electron chi connectivity index (χ4n) is 2.44. The van der Waals surface area contributed by atoms with E-state index in [4.69, 9.17) is 9.47 Å². The number of rotatable bonds is 5. The van der Waals surface area contributed by atoms with Gasteiger partial charge in [0.15, 0.2) is 11.5 Å². The quantitative estimate of drug-likeness (QED) is 0.755. The number of carbonyl (C=O) groups is 3. The fraction of sp³-hybridized carbons (Fsp3) is 0.118. The first-order valence-electron chi connectivity index (χ1n) is 7.02. The monoisotopic (exact) mass is 326 g/mol. The zero-order chi connectivity index (χ0) is 17.3. The Balaban J connectivity index is 1.91. The first-order chi connectivity index (χ1) is 11.5. The standard InChI is InChI=1S/C17H13NO6/c1-23-13-4-2-3-5-14(13)24-10-6-7-11-12(8-10)17(22)18(16(11)21)9-15(19)20/h2-8H,9H2,1H3,(H,19,20)/p-1. The third-order valence-corrected chi connectivity index (χ3v) is 3.53. The molecule has 0 unspecified atom stereocenters. The molecule has 0 bridgehead atoms. The number of carboxylic acids is 1. The zero-order valence-corrected chi connectivity index (χ0v) is 12.6. The Kier molecular flexibility index (Phi) is 3.91. The van der Waals surface area contributed by atoms with E-state index >= 15 is 0 Å². The number of carboxylic acid groups (broad SMARTS) is 1. The van der Waals surface area contributed by atoms with E-state index in [1.807, 2.05) is 0 Å². The normalized spacial score (nSPS) is 13.0. The third kappa shape index (κ3) is 2.67. The smallest absolute Gasteiger partial charge is 0.262 e. The molecular weight excluding hydrogens is 314 g/mol. The highest BCUT2D eigenvalue weighted by molar-refractivity contribution is 6.22. The van der Waals surface area contributed by atoms with Crippen LogP contribution in [0, 0.1) is 0 Å². The van der Waals surface area contributed by atoms with Crippen molar-refractivity contribution in [2.45, 2.75) is 0 Å². The van der Waals surface area contributed by atoms with Crippen LogP contribution in [0.25, 0.3) is 0 Å². The summed E-state index contributed by atoms with van der Waals surface area (Å²) in [6.45, 7) is -0.783. The minimum absolute atomic E-state index is 0.0913. The maximum Gasteiger partial charge on any atom is 0.262 e. The molecule has 2 aromatic carbocycles. The van der Waals surface area contributed by atoms with Crippen LogP contribution in [0.4, 0.5) is 0 Å². The number of imide groups is 1. The summed E-state index contributed by atoms with van der Waals surface area (Å²) in [5.74, 6) is -1.57. The van der Waals surface area contributed by atoms with Crippen LogP contribution in [0.2, 0.25) is 0 Å². The second-order valence-corrected chi connectivity index (χ2v) is 5.03. The molecule has 0 atom stereocenters. The molecule has 1 heterocycles. The highest BCUT2D eigenvalue weighted by Crippen LogP contribution is 2.33. The van der Waals surface area contributed by atoms with Crippen LogP contribution < -0.4 is 14.6 Å². The van der Waals surface area contributed by atoms with Gasteiger partial charge in [0, 0.05) is 0 Å². The van der Waals surface area contributed by atoms with Gasteiger partial charge in [-0.05, 0) is 30.3 Å². The molecule has 122 valence electrons. The Bertz CT molecular complexity index is 845. The van der Waals surface area contributed by atoms with Crippen molar-refractivity contribution in [3.05, 3.63) is 53.6 Å². The summed E-state index contributed by atoms with van der Waals surface area (Å²) in [5.41, 5.74) is 0.224. The molecule has 0 saturated carbocycles. The van der Waals surface area contributed by atoms with E-state index in [0.717, 1.165) is 0 Å². The molecule has 2 aromatic rings. The number of ether oxygens (including phenoxy) is 2. The van der Waals surface area contributed by atoms with Gasteiger partial charge >= 0.3 is 0 Å². The number of carbonyl (C=O) groups excluding carboxylic acids is 3. The largest absolute Gasteiger partial charge is 0.548 e. The van der Waals surface area contributed by atoms with Gasteiger partial charge in [0.2, 0.25) is 0 Å². The van der Waals surface area contributed by atoms with Gasteiger partial charge in [-0.3, -0.25) is 14.5 Å². The van der Waals surface area contributed by atoms with Gasteiger partial charge < -0.3 is 19.4 Å². The predicted molar refractivity (Wildman–Crippen MR) is 79.9 cm³/mol. The number of fused-ring (bicyclic) bond motifs is 1. The zero-order valence-electron chi connectivity index (χ0n) is 12.6. The van der Waals surface area contributed by atoms with Gasteiger partial charge in [0.1, 0.15) is 5.75 Å². The number of hydrogen-bond donors (Lipinski definition) is 0. The van der Waals surface area contributed by atoms with Crippen LogP contribution in [0.15, 0.2) is 42.5 Å². The van der Waals surface area contributed by atoms with Gasteiger partial charge in [-0.1, -0.05) is 12.1 Å². The van der Waals surface area contributed by atoms with Gasteiger partial charge in [0.05, 0.1) is 30.8 Å². The lowest BCUT2D eigenvalue weighted by Gasteiger charge is -2.13. The summed E-state index contributed by atoms with van der Waals surface area (Å²) in [4.78, 5) is 35.6. The number of benzene rings is 2. The molecule has 2 amide bonds. The Labute approximate surface area is 137 Å². The van der Waals surface area contributed by atoms with Crippen molar-refractivity contribution in [3.63, 3.8) is 0 Å². The molecule has 0 aromatic heterocycles. The molecule has 0 N–H and O–H groups in total. The Morgan fingerprint density at radius 3 is 2.38 bits per heavy atom. The van der Waals surface area contributed by atoms with E-state index in [1.54, 1.807) is 24.3 Å². The second kappa shape index (κ2) is 6.04. The molecule has 0 fully saturated rings. The molecule has 7 nitrogen and oxygen atoms in total. The summed E-state index contributed by atoms with van der Waals surface area (Å²) >= 11 is 0. The number of para-hydroxylation sites is 2. The lowest BCUT2D eigenvalue weighted by molar-refractivity contribution is -0.305. The van der Waals surface area contributed by atoms with Crippen LogP contribution >= 0.6 is 0 Å². The van der Waals surface area contributed by atoms with Crippen molar-refractivity contribution in [2.75, 3.05) is 13.7 Å². The fourth-order valence-corrected chi connectivity index (χ4v) is 2.44. The number of nitrogens with zero attached hydrogens (tertiary/aromatic N) is 1. The molecule has 24 heavy (non-hydrogen) atoms. The van der Waals surface area contributed by atoms with E-state index in [1.165, 1.54) is 25.3 Å². The van der Waals surface area contributed by atoms with E-state index < -0.39 is 24.3 Å². The summed E-state index contributed by atoms with van der Waals surface area (Å²) < 4.78 is 10.9. The van der Waals surface area contributed by atoms with Crippen molar-refractivity contribution in [2.24, 2.45) is 0 Å². The van der Waals surface area contributed by atoms with Crippen molar-refractivity contribution in [3.8, 4) is 17.2 Å². The molecule has 1 aliphatic heterocycles. The molecule has 0 aliphatic carbocycles. The maximum absolute atomic E-state index is 12.2. The van der Waals surface area contributed by atoms with E-state index in [-0.39, 0.29) is 11.1 Å². The summed E-state index contributed by atoms with van der Waals surface area (Å²) in [5, 5.41) is 10.7. The summed E-state index contributed by atoms with van der Waals surface area (Å²) in [7, 11) is 1.50. The van der Waals surface area contributed by atoms with Crippen molar-refractivity contribution < 1.29 is 29.0 Å². The van der Waals surface area contributed by atoms with E-state index in [2.05, 4.69) is 0 Å². The lowest BCUT2D eigenvalue weighted by Crippen LogP contribution is -2.41. The molecule has 7 heteroatoms. The van der Waals surface area contributed by atoms with Gasteiger partial charge in [0.25, 0.3) is 11.8 Å². The molecule has 0 radical (unpaired) electrons. The van der Waals surface area contributed by atoms with E-state index in [0.29, 0.717) is 22.1 Å². The van der Waals surface area contributed by atoms with Gasteiger partial charge in [-0.2, -0.15) is 0 Å². The van der Waals surface area contributed by atoms with Crippen LogP contribution in [-0.2, 0) is 4.79 Å². The Morgan fingerprint density at radius 1 is 1.04 bits per heavy atom. The van der Waals surface area contributed by atoms with Crippen LogP contribution in [0.1, 0.15) is 20.7 Å². The van der Waals surface area contributed by atoms with Crippen molar-refractivity contribution in [1.82, 2.24) is 4.90 Å². The molecular formula is C17H12NO6-. The van der Waals surface area contributed by atoms with Crippen LogP contribution in [0.3, 0.4) is 0 Å². The summed E-state index contributed by atoms with van der Waals surface area (Å²) in [6.07, 6.45) is 0. The molecule has 3 rings (SSSR count).